The average Bonchev–Trinajstić information content (AvgIpc) is 2.78. The topological polar surface area (TPSA) is 84.9 Å². The van der Waals surface area contributed by atoms with E-state index in [2.05, 4.69) is 5.32 Å². The molecule has 2 aromatic carbocycles. The van der Waals surface area contributed by atoms with Gasteiger partial charge in [0.05, 0.1) is 31.3 Å². The molecule has 1 fully saturated rings. The van der Waals surface area contributed by atoms with E-state index in [1.54, 1.807) is 24.3 Å². The fourth-order valence-corrected chi connectivity index (χ4v) is 4.90. The third-order valence-corrected chi connectivity index (χ3v) is 7.12. The van der Waals surface area contributed by atoms with Gasteiger partial charge in [-0.05, 0) is 54.8 Å². The predicted molar refractivity (Wildman–Crippen MR) is 114 cm³/mol. The van der Waals surface area contributed by atoms with Crippen molar-refractivity contribution in [2.45, 2.75) is 30.7 Å². The summed E-state index contributed by atoms with van der Waals surface area (Å²) in [6.07, 6.45) is 0.473. The van der Waals surface area contributed by atoms with Gasteiger partial charge in [-0.1, -0.05) is 12.1 Å². The van der Waals surface area contributed by atoms with E-state index in [0.29, 0.717) is 44.0 Å². The first-order chi connectivity index (χ1) is 14.8. The van der Waals surface area contributed by atoms with Crippen LogP contribution in [-0.2, 0) is 26.0 Å². The van der Waals surface area contributed by atoms with Crippen LogP contribution in [-0.4, -0.2) is 52.0 Å². The maximum Gasteiger partial charge on any atom is 0.243 e. The molecule has 7 nitrogen and oxygen atoms in total. The molecular weight excluding hydrogens is 423 g/mol. The molecule has 0 unspecified atom stereocenters. The normalized spacial score (nSPS) is 16.0. The Hall–Kier alpha value is -2.49. The quantitative estimate of drug-likeness (QED) is 0.669. The summed E-state index contributed by atoms with van der Waals surface area (Å²) in [5, 5.41) is 2.88. The number of aryl methyl sites for hydroxylation is 1. The molecule has 1 aliphatic rings. The van der Waals surface area contributed by atoms with E-state index >= 15 is 0 Å². The van der Waals surface area contributed by atoms with Crippen LogP contribution >= 0.6 is 0 Å². The molecule has 1 atom stereocenters. The van der Waals surface area contributed by atoms with Crippen molar-refractivity contribution in [1.82, 2.24) is 9.62 Å². The van der Waals surface area contributed by atoms with Crippen molar-refractivity contribution in [2.75, 3.05) is 33.4 Å². The highest BCUT2D eigenvalue weighted by Crippen LogP contribution is 2.26. The zero-order chi connectivity index (χ0) is 22.4. The monoisotopic (exact) mass is 450 g/mol. The number of benzene rings is 2. The molecule has 1 amide bonds. The molecule has 9 heteroatoms. The standard InChI is InChI=1S/C22H27FN2O5S/c1-16(17-3-6-19(23)7-4-17)24-22(26)10-5-18-15-20(8-9-21(18)29-2)31(27,28)25-11-13-30-14-12-25/h3-4,6-9,15-16H,5,10-14H2,1-2H3,(H,24,26)/t16-/m0/s1. The number of ether oxygens (including phenoxy) is 2. The molecule has 3 rings (SSSR count). The number of morpholine rings is 1. The minimum absolute atomic E-state index is 0.156. The SMILES string of the molecule is COc1ccc(S(=O)(=O)N2CCOCC2)cc1CCC(=O)N[C@@H](C)c1ccc(F)cc1. The number of nitrogens with one attached hydrogen (secondary N) is 1. The Morgan fingerprint density at radius 1 is 1.19 bits per heavy atom. The lowest BCUT2D eigenvalue weighted by Crippen LogP contribution is -2.40. The lowest BCUT2D eigenvalue weighted by molar-refractivity contribution is -0.121. The van der Waals surface area contributed by atoms with Crippen LogP contribution in [0.5, 0.6) is 5.75 Å². The lowest BCUT2D eigenvalue weighted by Gasteiger charge is -2.26. The number of amides is 1. The third kappa shape index (κ3) is 5.81. The van der Waals surface area contributed by atoms with Crippen LogP contribution in [0.3, 0.4) is 0 Å². The van der Waals surface area contributed by atoms with Gasteiger partial charge in [-0.15, -0.1) is 0 Å². The molecule has 0 bridgehead atoms. The van der Waals surface area contributed by atoms with Crippen molar-refractivity contribution in [1.29, 1.82) is 0 Å². The van der Waals surface area contributed by atoms with Gasteiger partial charge in [0, 0.05) is 19.5 Å². The van der Waals surface area contributed by atoms with Crippen molar-refractivity contribution < 1.29 is 27.1 Å². The molecule has 31 heavy (non-hydrogen) atoms. The first kappa shape index (κ1) is 23.2. The van der Waals surface area contributed by atoms with Gasteiger partial charge in [0.15, 0.2) is 0 Å². The van der Waals surface area contributed by atoms with Crippen molar-refractivity contribution in [3.63, 3.8) is 0 Å². The highest BCUT2D eigenvalue weighted by atomic mass is 32.2. The Morgan fingerprint density at radius 3 is 2.52 bits per heavy atom. The zero-order valence-corrected chi connectivity index (χ0v) is 18.5. The molecule has 0 spiro atoms. The van der Waals surface area contributed by atoms with E-state index in [-0.39, 0.29) is 29.1 Å². The third-order valence-electron chi connectivity index (χ3n) is 5.23. The summed E-state index contributed by atoms with van der Waals surface area (Å²) >= 11 is 0. The maximum atomic E-state index is 13.1. The fourth-order valence-electron chi connectivity index (χ4n) is 3.44. The van der Waals surface area contributed by atoms with Crippen LogP contribution in [0, 0.1) is 5.82 Å². The number of carbonyl (C=O) groups is 1. The second-order valence-corrected chi connectivity index (χ2v) is 9.27. The summed E-state index contributed by atoms with van der Waals surface area (Å²) in [5.74, 6) is 0.00177. The Balaban J connectivity index is 1.68. The van der Waals surface area contributed by atoms with Gasteiger partial charge in [0.25, 0.3) is 0 Å². The van der Waals surface area contributed by atoms with Gasteiger partial charge < -0.3 is 14.8 Å². The molecule has 0 aromatic heterocycles. The van der Waals surface area contributed by atoms with Crippen LogP contribution < -0.4 is 10.1 Å². The number of hydrogen-bond donors (Lipinski definition) is 1. The lowest BCUT2D eigenvalue weighted by atomic mass is 10.1. The van der Waals surface area contributed by atoms with Crippen molar-refractivity contribution in [3.8, 4) is 5.75 Å². The number of rotatable bonds is 8. The number of sulfonamides is 1. The van der Waals surface area contributed by atoms with Crippen LogP contribution in [0.15, 0.2) is 47.4 Å². The van der Waals surface area contributed by atoms with Crippen molar-refractivity contribution in [2.24, 2.45) is 0 Å². The Morgan fingerprint density at radius 2 is 1.87 bits per heavy atom. The summed E-state index contributed by atoms with van der Waals surface area (Å²) in [5.41, 5.74) is 1.44. The van der Waals surface area contributed by atoms with Crippen LogP contribution in [0.1, 0.15) is 30.5 Å². The molecular formula is C22H27FN2O5S. The number of hydrogen-bond acceptors (Lipinski definition) is 5. The van der Waals surface area contributed by atoms with E-state index in [4.69, 9.17) is 9.47 Å². The molecule has 0 radical (unpaired) electrons. The van der Waals surface area contributed by atoms with Gasteiger partial charge in [-0.25, -0.2) is 12.8 Å². The predicted octanol–water partition coefficient (Wildman–Crippen LogP) is 2.67. The number of halogens is 1. The minimum atomic E-state index is -3.64. The van der Waals surface area contributed by atoms with Crippen LogP contribution in [0.25, 0.3) is 0 Å². The smallest absolute Gasteiger partial charge is 0.243 e. The highest BCUT2D eigenvalue weighted by molar-refractivity contribution is 7.89. The van der Waals surface area contributed by atoms with Gasteiger partial charge in [0.2, 0.25) is 15.9 Å². The first-order valence-electron chi connectivity index (χ1n) is 10.1. The summed E-state index contributed by atoms with van der Waals surface area (Å²) in [6.45, 7) is 3.19. The molecule has 2 aromatic rings. The zero-order valence-electron chi connectivity index (χ0n) is 17.6. The maximum absolute atomic E-state index is 13.1. The van der Waals surface area contributed by atoms with Crippen LogP contribution in [0.4, 0.5) is 4.39 Å². The Bertz CT molecular complexity index is 1010. The van der Waals surface area contributed by atoms with E-state index in [9.17, 15) is 17.6 Å². The Kier molecular flexibility index (Phi) is 7.64. The van der Waals surface area contributed by atoms with E-state index in [1.807, 2.05) is 6.92 Å². The molecule has 1 saturated heterocycles. The molecule has 1 N–H and O–H groups in total. The van der Waals surface area contributed by atoms with Crippen LogP contribution in [0.2, 0.25) is 0 Å². The summed E-state index contributed by atoms with van der Waals surface area (Å²) in [4.78, 5) is 12.6. The second kappa shape index (κ2) is 10.2. The number of carbonyl (C=O) groups excluding carboxylic acids is 1. The molecule has 168 valence electrons. The van der Waals surface area contributed by atoms with E-state index in [1.165, 1.54) is 29.6 Å². The molecule has 0 saturated carbocycles. The van der Waals surface area contributed by atoms with Crippen molar-refractivity contribution >= 4 is 15.9 Å². The highest BCUT2D eigenvalue weighted by Gasteiger charge is 2.27. The van der Waals surface area contributed by atoms with E-state index in [0.717, 1.165) is 5.56 Å². The van der Waals surface area contributed by atoms with Gasteiger partial charge in [-0.3, -0.25) is 4.79 Å². The summed E-state index contributed by atoms with van der Waals surface area (Å²) in [7, 11) is -2.13. The minimum Gasteiger partial charge on any atom is -0.496 e. The second-order valence-electron chi connectivity index (χ2n) is 7.33. The fraction of sp³-hybridized carbons (Fsp3) is 0.409. The number of methoxy groups -OCH3 is 1. The molecule has 1 heterocycles. The number of nitrogens with zero attached hydrogens (tertiary/aromatic N) is 1. The van der Waals surface area contributed by atoms with Crippen molar-refractivity contribution in [3.05, 3.63) is 59.4 Å². The average molecular weight is 451 g/mol. The molecule has 0 aliphatic carbocycles. The summed E-state index contributed by atoms with van der Waals surface area (Å²) in [6, 6.07) is 10.4. The van der Waals surface area contributed by atoms with Gasteiger partial charge >= 0.3 is 0 Å². The van der Waals surface area contributed by atoms with Gasteiger partial charge in [0.1, 0.15) is 11.6 Å². The first-order valence-corrected chi connectivity index (χ1v) is 11.5. The van der Waals surface area contributed by atoms with Gasteiger partial charge in [-0.2, -0.15) is 4.31 Å². The summed E-state index contributed by atoms with van der Waals surface area (Å²) < 4.78 is 50.9. The van der Waals surface area contributed by atoms with E-state index < -0.39 is 10.0 Å². The Labute approximate surface area is 182 Å². The molecule has 1 aliphatic heterocycles. The largest absolute Gasteiger partial charge is 0.496 e.